The molecule has 6 nitrogen and oxygen atoms in total. The molecule has 0 spiro atoms. The molecule has 3 N–H and O–H groups in total. The zero-order chi connectivity index (χ0) is 14.1. The Morgan fingerprint density at radius 2 is 2.00 bits per heavy atom. The highest BCUT2D eigenvalue weighted by atomic mass is 32.2. The number of nitrogen functional groups attached to an aromatic ring is 1. The number of thioether (sulfide) groups is 1. The van der Waals surface area contributed by atoms with E-state index in [4.69, 9.17) is 10.9 Å². The zero-order valence-electron chi connectivity index (χ0n) is 10.7. The molecule has 0 aliphatic heterocycles. The van der Waals surface area contributed by atoms with Gasteiger partial charge in [-0.25, -0.2) is 4.68 Å². The normalized spacial score (nSPS) is 14.4. The van der Waals surface area contributed by atoms with Gasteiger partial charge >= 0.3 is 5.97 Å². The Bertz CT molecular complexity index is 631. The molecule has 2 aromatic rings. The summed E-state index contributed by atoms with van der Waals surface area (Å²) >= 11 is 1.08. The number of aromatic nitrogens is 3. The SMILES string of the molecule is Nn1c(SCC(=O)O)nnc1C1Cc2ccccc2C1. The number of nitrogens with two attached hydrogens (primary N) is 1. The van der Waals surface area contributed by atoms with Crippen LogP contribution in [0.3, 0.4) is 0 Å². The number of carbonyl (C=O) groups is 1. The molecule has 7 heteroatoms. The Morgan fingerprint density at radius 1 is 1.35 bits per heavy atom. The lowest BCUT2D eigenvalue weighted by molar-refractivity contribution is -0.133. The van der Waals surface area contributed by atoms with Crippen LogP contribution >= 0.6 is 11.8 Å². The molecule has 0 bridgehead atoms. The molecule has 0 amide bonds. The topological polar surface area (TPSA) is 94.0 Å². The van der Waals surface area contributed by atoms with Gasteiger partial charge in [0.05, 0.1) is 5.75 Å². The van der Waals surface area contributed by atoms with Crippen molar-refractivity contribution in [2.45, 2.75) is 23.9 Å². The third-order valence-electron chi connectivity index (χ3n) is 3.43. The van der Waals surface area contributed by atoms with Gasteiger partial charge in [-0.15, -0.1) is 10.2 Å². The van der Waals surface area contributed by atoms with Crippen LogP contribution in [0.1, 0.15) is 22.9 Å². The van der Waals surface area contributed by atoms with Crippen LogP contribution in [-0.4, -0.2) is 31.7 Å². The Labute approximate surface area is 120 Å². The second kappa shape index (κ2) is 5.16. The summed E-state index contributed by atoms with van der Waals surface area (Å²) in [5.41, 5.74) is 2.64. The number of rotatable bonds is 4. The van der Waals surface area contributed by atoms with Gasteiger partial charge < -0.3 is 10.9 Å². The Balaban J connectivity index is 1.78. The van der Waals surface area contributed by atoms with Gasteiger partial charge in [-0.05, 0) is 24.0 Å². The molecule has 1 aliphatic carbocycles. The molecular formula is C13H14N4O2S. The summed E-state index contributed by atoms with van der Waals surface area (Å²) in [6.07, 6.45) is 1.80. The second-order valence-electron chi connectivity index (χ2n) is 4.77. The lowest BCUT2D eigenvalue weighted by atomic mass is 10.1. The number of carboxylic acids is 1. The quantitative estimate of drug-likeness (QED) is 0.645. The maximum atomic E-state index is 10.6. The highest BCUT2D eigenvalue weighted by Gasteiger charge is 2.27. The van der Waals surface area contributed by atoms with Crippen molar-refractivity contribution in [1.29, 1.82) is 0 Å². The largest absolute Gasteiger partial charge is 0.481 e. The summed E-state index contributed by atoms with van der Waals surface area (Å²) in [5.74, 6) is 5.95. The molecule has 1 heterocycles. The summed E-state index contributed by atoms with van der Waals surface area (Å²) in [5, 5.41) is 17.2. The fraction of sp³-hybridized carbons (Fsp3) is 0.308. The standard InChI is InChI=1S/C13H14N4O2S/c14-17-12(15-16-13(17)20-7-11(18)19)10-5-8-3-1-2-4-9(8)6-10/h1-4,10H,5-7,14H2,(H,18,19). The summed E-state index contributed by atoms with van der Waals surface area (Å²) in [4.78, 5) is 10.6. The van der Waals surface area contributed by atoms with E-state index in [0.717, 1.165) is 24.6 Å². The molecule has 1 aromatic carbocycles. The van der Waals surface area contributed by atoms with Crippen LogP contribution < -0.4 is 5.84 Å². The Kier molecular flexibility index (Phi) is 3.35. The number of aliphatic carboxylic acids is 1. The van der Waals surface area contributed by atoms with Crippen LogP contribution in [0.15, 0.2) is 29.4 Å². The number of benzene rings is 1. The molecule has 0 unspecified atom stereocenters. The van der Waals surface area contributed by atoms with Crippen LogP contribution in [0.4, 0.5) is 0 Å². The molecule has 0 saturated carbocycles. The van der Waals surface area contributed by atoms with E-state index in [2.05, 4.69) is 22.3 Å². The van der Waals surface area contributed by atoms with E-state index >= 15 is 0 Å². The van der Waals surface area contributed by atoms with Gasteiger partial charge in [-0.1, -0.05) is 36.0 Å². The van der Waals surface area contributed by atoms with Crippen LogP contribution in [0.25, 0.3) is 0 Å². The summed E-state index contributed by atoms with van der Waals surface area (Å²) in [6, 6.07) is 8.30. The molecule has 0 atom stereocenters. The van der Waals surface area contributed by atoms with E-state index in [0.29, 0.717) is 11.0 Å². The lowest BCUT2D eigenvalue weighted by Gasteiger charge is -2.08. The smallest absolute Gasteiger partial charge is 0.313 e. The summed E-state index contributed by atoms with van der Waals surface area (Å²) in [7, 11) is 0. The van der Waals surface area contributed by atoms with E-state index in [1.165, 1.54) is 15.8 Å². The predicted octanol–water partition coefficient (Wildman–Crippen LogP) is 1.05. The predicted molar refractivity (Wildman–Crippen MR) is 75.1 cm³/mol. The minimum atomic E-state index is -0.896. The van der Waals surface area contributed by atoms with Crippen molar-refractivity contribution in [3.63, 3.8) is 0 Å². The molecular weight excluding hydrogens is 276 g/mol. The number of hydrogen-bond donors (Lipinski definition) is 2. The Morgan fingerprint density at radius 3 is 2.60 bits per heavy atom. The maximum Gasteiger partial charge on any atom is 0.313 e. The third-order valence-corrected chi connectivity index (χ3v) is 4.36. The first kappa shape index (κ1) is 13.0. The third kappa shape index (κ3) is 2.36. The average Bonchev–Trinajstić information content (AvgIpc) is 2.99. The van der Waals surface area contributed by atoms with Gasteiger partial charge in [0.1, 0.15) is 0 Å². The molecule has 0 saturated heterocycles. The van der Waals surface area contributed by atoms with Crippen molar-refractivity contribution in [2.75, 3.05) is 11.6 Å². The lowest BCUT2D eigenvalue weighted by Crippen LogP contribution is -2.17. The zero-order valence-corrected chi connectivity index (χ0v) is 11.5. The summed E-state index contributed by atoms with van der Waals surface area (Å²) in [6.45, 7) is 0. The number of carboxylic acid groups (broad SMARTS) is 1. The van der Waals surface area contributed by atoms with E-state index in [1.54, 1.807) is 0 Å². The summed E-state index contributed by atoms with van der Waals surface area (Å²) < 4.78 is 1.42. The monoisotopic (exact) mass is 290 g/mol. The van der Waals surface area contributed by atoms with E-state index in [-0.39, 0.29) is 11.7 Å². The van der Waals surface area contributed by atoms with Gasteiger partial charge in [0.15, 0.2) is 5.82 Å². The maximum absolute atomic E-state index is 10.6. The van der Waals surface area contributed by atoms with Crippen LogP contribution in [0.2, 0.25) is 0 Å². The van der Waals surface area contributed by atoms with E-state index in [1.807, 2.05) is 12.1 Å². The fourth-order valence-corrected chi connectivity index (χ4v) is 3.12. The number of fused-ring (bicyclic) bond motifs is 1. The molecule has 0 fully saturated rings. The van der Waals surface area contributed by atoms with Crippen molar-refractivity contribution < 1.29 is 9.90 Å². The Hall–Kier alpha value is -2.02. The van der Waals surface area contributed by atoms with Gasteiger partial charge in [-0.3, -0.25) is 4.79 Å². The van der Waals surface area contributed by atoms with Crippen LogP contribution in [0.5, 0.6) is 0 Å². The molecule has 104 valence electrons. The number of nitrogens with zero attached hydrogens (tertiary/aromatic N) is 3. The highest BCUT2D eigenvalue weighted by Crippen LogP contribution is 2.33. The molecule has 1 aromatic heterocycles. The molecule has 20 heavy (non-hydrogen) atoms. The highest BCUT2D eigenvalue weighted by molar-refractivity contribution is 7.99. The first-order chi connectivity index (χ1) is 9.65. The molecule has 0 radical (unpaired) electrons. The van der Waals surface area contributed by atoms with E-state index in [9.17, 15) is 4.79 Å². The van der Waals surface area contributed by atoms with E-state index < -0.39 is 5.97 Å². The van der Waals surface area contributed by atoms with Crippen molar-refractivity contribution in [3.05, 3.63) is 41.2 Å². The van der Waals surface area contributed by atoms with Crippen molar-refractivity contribution in [1.82, 2.24) is 14.9 Å². The minimum absolute atomic E-state index is 0.0692. The average molecular weight is 290 g/mol. The fourth-order valence-electron chi connectivity index (χ4n) is 2.53. The van der Waals surface area contributed by atoms with Crippen molar-refractivity contribution in [2.24, 2.45) is 0 Å². The number of hydrogen-bond acceptors (Lipinski definition) is 5. The van der Waals surface area contributed by atoms with Crippen molar-refractivity contribution in [3.8, 4) is 0 Å². The van der Waals surface area contributed by atoms with Crippen LogP contribution in [-0.2, 0) is 17.6 Å². The second-order valence-corrected chi connectivity index (χ2v) is 5.71. The van der Waals surface area contributed by atoms with Gasteiger partial charge in [0.2, 0.25) is 5.16 Å². The first-order valence-corrected chi connectivity index (χ1v) is 7.25. The van der Waals surface area contributed by atoms with Gasteiger partial charge in [0, 0.05) is 5.92 Å². The molecule has 1 aliphatic rings. The van der Waals surface area contributed by atoms with Gasteiger partial charge in [0.25, 0.3) is 0 Å². The van der Waals surface area contributed by atoms with Gasteiger partial charge in [-0.2, -0.15) is 0 Å². The minimum Gasteiger partial charge on any atom is -0.481 e. The first-order valence-electron chi connectivity index (χ1n) is 6.27. The molecule has 3 rings (SSSR count). The van der Waals surface area contributed by atoms with Crippen LogP contribution in [0, 0.1) is 0 Å². The van der Waals surface area contributed by atoms with Crippen molar-refractivity contribution >= 4 is 17.7 Å².